The van der Waals surface area contributed by atoms with Crippen LogP contribution in [0.5, 0.6) is 0 Å². The summed E-state index contributed by atoms with van der Waals surface area (Å²) in [5, 5.41) is 14.6. The fourth-order valence-electron chi connectivity index (χ4n) is 1.92. The third kappa shape index (κ3) is 4.20. The van der Waals surface area contributed by atoms with Gasteiger partial charge in [-0.3, -0.25) is 10.1 Å². The number of nitrogens with one attached hydrogen (secondary N) is 1. The van der Waals surface area contributed by atoms with E-state index in [0.717, 1.165) is 11.4 Å². The maximum atomic E-state index is 11.0. The van der Waals surface area contributed by atoms with Crippen molar-refractivity contribution in [2.24, 2.45) is 0 Å². The molecular formula is C15H15ClN2O2S. The molecule has 0 aliphatic heterocycles. The molecule has 0 atom stereocenters. The number of nitro benzene ring substituents is 1. The lowest BCUT2D eigenvalue weighted by Gasteiger charge is -2.06. The topological polar surface area (TPSA) is 55.2 Å². The second kappa shape index (κ2) is 7.45. The van der Waals surface area contributed by atoms with Crippen LogP contribution in [0.4, 0.5) is 5.69 Å². The minimum Gasteiger partial charge on any atom is -0.316 e. The van der Waals surface area contributed by atoms with Gasteiger partial charge in [0, 0.05) is 23.3 Å². The summed E-state index contributed by atoms with van der Waals surface area (Å²) in [6, 6.07) is 12.9. The molecule has 0 fully saturated rings. The third-order valence-corrected chi connectivity index (χ3v) is 4.37. The van der Waals surface area contributed by atoms with Crippen molar-refractivity contribution in [1.29, 1.82) is 0 Å². The number of hydrogen-bond acceptors (Lipinski definition) is 4. The Morgan fingerprint density at radius 1 is 1.24 bits per heavy atom. The van der Waals surface area contributed by atoms with Crippen LogP contribution < -0.4 is 5.32 Å². The first-order valence-electron chi connectivity index (χ1n) is 6.40. The zero-order chi connectivity index (χ0) is 15.2. The third-order valence-electron chi connectivity index (χ3n) is 2.98. The molecule has 4 nitrogen and oxygen atoms in total. The normalized spacial score (nSPS) is 10.6. The SMILES string of the molecule is CNCc1ccc(SCc2c(Cl)cccc2[N+](=O)[O-])cc1. The molecule has 0 amide bonds. The van der Waals surface area contributed by atoms with Crippen LogP contribution in [0.3, 0.4) is 0 Å². The highest BCUT2D eigenvalue weighted by Crippen LogP contribution is 2.32. The van der Waals surface area contributed by atoms with Crippen molar-refractivity contribution in [2.45, 2.75) is 17.2 Å². The van der Waals surface area contributed by atoms with Gasteiger partial charge >= 0.3 is 0 Å². The lowest BCUT2D eigenvalue weighted by atomic mass is 10.2. The van der Waals surface area contributed by atoms with Crippen LogP contribution in [0.1, 0.15) is 11.1 Å². The van der Waals surface area contributed by atoms with Crippen LogP contribution in [0.15, 0.2) is 47.4 Å². The summed E-state index contributed by atoms with van der Waals surface area (Å²) >= 11 is 7.62. The van der Waals surface area contributed by atoms with Gasteiger partial charge in [-0.05, 0) is 30.8 Å². The zero-order valence-electron chi connectivity index (χ0n) is 11.5. The van der Waals surface area contributed by atoms with Crippen LogP contribution in [-0.2, 0) is 12.3 Å². The van der Waals surface area contributed by atoms with Gasteiger partial charge in [-0.1, -0.05) is 29.8 Å². The van der Waals surface area contributed by atoms with Gasteiger partial charge in [-0.15, -0.1) is 11.8 Å². The van der Waals surface area contributed by atoms with Crippen LogP contribution in [0.25, 0.3) is 0 Å². The van der Waals surface area contributed by atoms with E-state index in [9.17, 15) is 10.1 Å². The zero-order valence-corrected chi connectivity index (χ0v) is 13.1. The first-order chi connectivity index (χ1) is 10.1. The summed E-state index contributed by atoms with van der Waals surface area (Å²) in [5.74, 6) is 0.474. The highest BCUT2D eigenvalue weighted by atomic mass is 35.5. The Morgan fingerprint density at radius 2 is 1.95 bits per heavy atom. The van der Waals surface area contributed by atoms with Gasteiger partial charge in [0.25, 0.3) is 5.69 Å². The summed E-state index contributed by atoms with van der Waals surface area (Å²) in [4.78, 5) is 11.7. The van der Waals surface area contributed by atoms with E-state index in [1.165, 1.54) is 23.4 Å². The molecule has 0 saturated heterocycles. The Balaban J connectivity index is 2.11. The molecular weight excluding hydrogens is 308 g/mol. The molecule has 0 radical (unpaired) electrons. The first kappa shape index (κ1) is 15.8. The van der Waals surface area contributed by atoms with E-state index in [1.807, 2.05) is 31.3 Å². The van der Waals surface area contributed by atoms with Crippen molar-refractivity contribution in [3.8, 4) is 0 Å². The van der Waals surface area contributed by atoms with Gasteiger partial charge < -0.3 is 5.32 Å². The molecule has 1 N–H and O–H groups in total. The average Bonchev–Trinajstić information content (AvgIpc) is 2.47. The molecule has 0 bridgehead atoms. The monoisotopic (exact) mass is 322 g/mol. The second-order valence-corrected chi connectivity index (χ2v) is 5.91. The largest absolute Gasteiger partial charge is 0.316 e. The van der Waals surface area contributed by atoms with E-state index in [-0.39, 0.29) is 5.69 Å². The van der Waals surface area contributed by atoms with Crippen molar-refractivity contribution in [2.75, 3.05) is 7.05 Å². The summed E-state index contributed by atoms with van der Waals surface area (Å²) < 4.78 is 0. The number of nitrogens with zero attached hydrogens (tertiary/aromatic N) is 1. The highest BCUT2D eigenvalue weighted by molar-refractivity contribution is 7.98. The van der Waals surface area contributed by atoms with Crippen molar-refractivity contribution < 1.29 is 4.92 Å². The lowest BCUT2D eigenvalue weighted by molar-refractivity contribution is -0.385. The average molecular weight is 323 g/mol. The number of halogens is 1. The van der Waals surface area contributed by atoms with Gasteiger partial charge in [0.15, 0.2) is 0 Å². The molecule has 0 aromatic heterocycles. The van der Waals surface area contributed by atoms with E-state index in [4.69, 9.17) is 11.6 Å². The van der Waals surface area contributed by atoms with Crippen LogP contribution >= 0.6 is 23.4 Å². The number of thioether (sulfide) groups is 1. The maximum Gasteiger partial charge on any atom is 0.274 e. The predicted octanol–water partition coefficient (Wildman–Crippen LogP) is 4.26. The maximum absolute atomic E-state index is 11.0. The lowest BCUT2D eigenvalue weighted by Crippen LogP contribution is -2.04. The van der Waals surface area contributed by atoms with Crippen molar-refractivity contribution in [3.63, 3.8) is 0 Å². The standard InChI is InChI=1S/C15H15ClN2O2S/c1-17-9-11-5-7-12(8-6-11)21-10-13-14(16)3-2-4-15(13)18(19)20/h2-8,17H,9-10H2,1H3. The van der Waals surface area contributed by atoms with Crippen LogP contribution in [0.2, 0.25) is 5.02 Å². The minimum atomic E-state index is -0.391. The molecule has 2 aromatic rings. The van der Waals surface area contributed by atoms with Crippen LogP contribution in [-0.4, -0.2) is 12.0 Å². The summed E-state index contributed by atoms with van der Waals surface area (Å²) in [7, 11) is 1.90. The smallest absolute Gasteiger partial charge is 0.274 e. The Hall–Kier alpha value is -1.56. The van der Waals surface area contributed by atoms with E-state index in [2.05, 4.69) is 5.32 Å². The van der Waals surface area contributed by atoms with Gasteiger partial charge in [-0.2, -0.15) is 0 Å². The Bertz CT molecular complexity index is 632. The van der Waals surface area contributed by atoms with E-state index >= 15 is 0 Å². The second-order valence-electron chi connectivity index (χ2n) is 4.46. The number of rotatable bonds is 6. The fraction of sp³-hybridized carbons (Fsp3) is 0.200. The van der Waals surface area contributed by atoms with Crippen molar-refractivity contribution in [1.82, 2.24) is 5.32 Å². The number of hydrogen-bond donors (Lipinski definition) is 1. The minimum absolute atomic E-state index is 0.0711. The van der Waals surface area contributed by atoms with Gasteiger partial charge in [0.05, 0.1) is 15.5 Å². The molecule has 0 saturated carbocycles. The molecule has 0 heterocycles. The Labute approximate surface area is 132 Å². The molecule has 0 spiro atoms. The molecule has 2 aromatic carbocycles. The number of benzene rings is 2. The molecule has 0 unspecified atom stereocenters. The van der Waals surface area contributed by atoms with Crippen molar-refractivity contribution >= 4 is 29.1 Å². The summed E-state index contributed by atoms with van der Waals surface area (Å²) in [5.41, 5.74) is 1.83. The first-order valence-corrected chi connectivity index (χ1v) is 7.76. The summed E-state index contributed by atoms with van der Waals surface area (Å²) in [6.07, 6.45) is 0. The quantitative estimate of drug-likeness (QED) is 0.490. The van der Waals surface area contributed by atoms with Gasteiger partial charge in [-0.25, -0.2) is 0 Å². The molecule has 0 aliphatic carbocycles. The van der Waals surface area contributed by atoms with Crippen LogP contribution in [0, 0.1) is 10.1 Å². The molecule has 6 heteroatoms. The Morgan fingerprint density at radius 3 is 2.57 bits per heavy atom. The predicted molar refractivity (Wildman–Crippen MR) is 86.9 cm³/mol. The van der Waals surface area contributed by atoms with E-state index in [1.54, 1.807) is 12.1 Å². The van der Waals surface area contributed by atoms with Gasteiger partial charge in [0.1, 0.15) is 0 Å². The molecule has 2 rings (SSSR count). The number of nitro groups is 1. The van der Waals surface area contributed by atoms with Crippen molar-refractivity contribution in [3.05, 3.63) is 68.7 Å². The highest BCUT2D eigenvalue weighted by Gasteiger charge is 2.16. The molecule has 21 heavy (non-hydrogen) atoms. The van der Waals surface area contributed by atoms with E-state index < -0.39 is 4.92 Å². The summed E-state index contributed by atoms with van der Waals surface area (Å²) in [6.45, 7) is 0.820. The fourth-order valence-corrected chi connectivity index (χ4v) is 3.18. The van der Waals surface area contributed by atoms with E-state index in [0.29, 0.717) is 16.3 Å². The van der Waals surface area contributed by atoms with Gasteiger partial charge in [0.2, 0.25) is 0 Å². The Kier molecular flexibility index (Phi) is 5.61. The molecule has 110 valence electrons. The molecule has 0 aliphatic rings.